The van der Waals surface area contributed by atoms with Gasteiger partial charge in [-0.25, -0.2) is 0 Å². The first-order valence-electron chi connectivity index (χ1n) is 5.12. The van der Waals surface area contributed by atoms with Crippen LogP contribution in [0.4, 0.5) is 0 Å². The predicted molar refractivity (Wildman–Crippen MR) is 53.1 cm³/mol. The van der Waals surface area contributed by atoms with Gasteiger partial charge < -0.3 is 9.47 Å². The van der Waals surface area contributed by atoms with Crippen LogP contribution in [0.15, 0.2) is 24.3 Å². The van der Waals surface area contributed by atoms with Crippen LogP contribution in [0.1, 0.15) is 29.8 Å². The minimum absolute atomic E-state index is 0.0117. The van der Waals surface area contributed by atoms with Gasteiger partial charge in [0.05, 0.1) is 12.5 Å². The van der Waals surface area contributed by atoms with Crippen molar-refractivity contribution in [2.75, 3.05) is 7.11 Å². The van der Waals surface area contributed by atoms with Crippen LogP contribution in [-0.2, 0) is 14.3 Å². The Labute approximate surface area is 88.0 Å². The normalized spacial score (nSPS) is 32.3. The smallest absolute Gasteiger partial charge is 0.306 e. The van der Waals surface area contributed by atoms with Crippen molar-refractivity contribution in [3.05, 3.63) is 35.4 Å². The topological polar surface area (TPSA) is 35.5 Å². The summed E-state index contributed by atoms with van der Waals surface area (Å²) in [5.74, 6) is 0.0569. The Morgan fingerprint density at radius 3 is 2.80 bits per heavy atom. The van der Waals surface area contributed by atoms with Gasteiger partial charge in [0.25, 0.3) is 0 Å². The minimum Gasteiger partial charge on any atom is -0.457 e. The van der Waals surface area contributed by atoms with E-state index in [1.54, 1.807) is 7.11 Å². The number of methoxy groups -OCH3 is 1. The second-order valence-electron chi connectivity index (χ2n) is 4.06. The van der Waals surface area contributed by atoms with Gasteiger partial charge in [-0.3, -0.25) is 4.79 Å². The molecule has 1 heterocycles. The van der Waals surface area contributed by atoms with E-state index in [0.29, 0.717) is 6.42 Å². The molecule has 3 rings (SSSR count). The van der Waals surface area contributed by atoms with Gasteiger partial charge in [0.2, 0.25) is 0 Å². The molecule has 0 radical (unpaired) electrons. The highest BCUT2D eigenvalue weighted by molar-refractivity contribution is 5.73. The summed E-state index contributed by atoms with van der Waals surface area (Å²) in [6, 6.07) is 8.04. The molecule has 78 valence electrons. The third kappa shape index (κ3) is 1.13. The highest BCUT2D eigenvalue weighted by Crippen LogP contribution is 2.52. The summed E-state index contributed by atoms with van der Waals surface area (Å²) >= 11 is 0. The lowest BCUT2D eigenvalue weighted by Crippen LogP contribution is -2.09. The van der Waals surface area contributed by atoms with Gasteiger partial charge in [-0.1, -0.05) is 24.3 Å². The predicted octanol–water partition coefficient (Wildman–Crippen LogP) is 1.99. The number of hydrogen-bond acceptors (Lipinski definition) is 3. The van der Waals surface area contributed by atoms with Gasteiger partial charge in [-0.15, -0.1) is 0 Å². The van der Waals surface area contributed by atoms with Crippen LogP contribution in [0.3, 0.4) is 0 Å². The van der Waals surface area contributed by atoms with Crippen LogP contribution >= 0.6 is 0 Å². The zero-order valence-electron chi connectivity index (χ0n) is 8.47. The Kier molecular flexibility index (Phi) is 1.83. The van der Waals surface area contributed by atoms with Gasteiger partial charge >= 0.3 is 5.97 Å². The van der Waals surface area contributed by atoms with Crippen LogP contribution in [0, 0.1) is 5.92 Å². The summed E-state index contributed by atoms with van der Waals surface area (Å²) in [7, 11) is 1.69. The summed E-state index contributed by atoms with van der Waals surface area (Å²) in [4.78, 5) is 11.3. The molecule has 0 amide bonds. The third-order valence-electron chi connectivity index (χ3n) is 3.30. The minimum atomic E-state index is -0.110. The Balaban J connectivity index is 2.09. The summed E-state index contributed by atoms with van der Waals surface area (Å²) in [6.45, 7) is 0. The van der Waals surface area contributed by atoms with E-state index >= 15 is 0 Å². The molecule has 0 aromatic heterocycles. The number of hydrogen-bond donors (Lipinski definition) is 0. The monoisotopic (exact) mass is 204 g/mol. The first-order valence-corrected chi connectivity index (χ1v) is 5.12. The molecule has 0 bridgehead atoms. The van der Waals surface area contributed by atoms with Gasteiger partial charge in [0.1, 0.15) is 6.10 Å². The van der Waals surface area contributed by atoms with Crippen molar-refractivity contribution in [1.29, 1.82) is 0 Å². The first kappa shape index (κ1) is 8.92. The van der Waals surface area contributed by atoms with Gasteiger partial charge in [-0.05, 0) is 11.1 Å². The van der Waals surface area contributed by atoms with Crippen molar-refractivity contribution in [3.63, 3.8) is 0 Å². The molecule has 1 saturated heterocycles. The van der Waals surface area contributed by atoms with E-state index in [1.807, 2.05) is 18.2 Å². The van der Waals surface area contributed by atoms with Crippen molar-refractivity contribution < 1.29 is 14.3 Å². The fourth-order valence-electron chi connectivity index (χ4n) is 2.70. The summed E-state index contributed by atoms with van der Waals surface area (Å²) in [5, 5.41) is 0. The molecule has 3 heteroatoms. The zero-order chi connectivity index (χ0) is 10.4. The van der Waals surface area contributed by atoms with Crippen LogP contribution in [0.2, 0.25) is 0 Å². The Morgan fingerprint density at radius 2 is 2.07 bits per heavy atom. The maximum atomic E-state index is 11.3. The number of benzene rings is 1. The molecular weight excluding hydrogens is 192 g/mol. The van der Waals surface area contributed by atoms with Crippen molar-refractivity contribution >= 4 is 5.97 Å². The lowest BCUT2D eigenvalue weighted by atomic mass is 10.00. The van der Waals surface area contributed by atoms with Gasteiger partial charge in [0.15, 0.2) is 0 Å². The highest BCUT2D eigenvalue weighted by Gasteiger charge is 2.48. The second-order valence-corrected chi connectivity index (χ2v) is 4.06. The summed E-state index contributed by atoms with van der Waals surface area (Å²) in [6.07, 6.45) is 0.397. The number of carbonyl (C=O) groups is 1. The summed E-state index contributed by atoms with van der Waals surface area (Å²) in [5.41, 5.74) is 2.28. The Hall–Kier alpha value is -1.35. The molecule has 1 aromatic carbocycles. The van der Waals surface area contributed by atoms with Crippen molar-refractivity contribution in [3.8, 4) is 0 Å². The maximum absolute atomic E-state index is 11.3. The van der Waals surface area contributed by atoms with Crippen molar-refractivity contribution in [1.82, 2.24) is 0 Å². The third-order valence-corrected chi connectivity index (χ3v) is 3.30. The number of carbonyl (C=O) groups excluding carboxylic acids is 1. The summed E-state index contributed by atoms with van der Waals surface area (Å²) < 4.78 is 10.8. The molecular formula is C12H12O3. The molecule has 1 aliphatic heterocycles. The molecule has 0 saturated carbocycles. The molecule has 15 heavy (non-hydrogen) atoms. The first-order chi connectivity index (χ1) is 7.31. The molecule has 1 fully saturated rings. The molecule has 2 aliphatic rings. The largest absolute Gasteiger partial charge is 0.457 e. The highest BCUT2D eigenvalue weighted by atomic mass is 16.6. The average Bonchev–Trinajstić information content (AvgIpc) is 2.73. The molecule has 1 aromatic rings. The fourth-order valence-corrected chi connectivity index (χ4v) is 2.70. The van der Waals surface area contributed by atoms with Crippen molar-refractivity contribution in [2.24, 2.45) is 5.92 Å². The molecule has 0 unspecified atom stereocenters. The van der Waals surface area contributed by atoms with E-state index in [9.17, 15) is 4.79 Å². The average molecular weight is 204 g/mol. The molecule has 3 atom stereocenters. The second kappa shape index (κ2) is 3.07. The molecule has 1 aliphatic carbocycles. The van der Waals surface area contributed by atoms with Crippen LogP contribution < -0.4 is 0 Å². The van der Waals surface area contributed by atoms with Gasteiger partial charge in [-0.2, -0.15) is 0 Å². The van der Waals surface area contributed by atoms with E-state index in [0.717, 1.165) is 5.56 Å². The van der Waals surface area contributed by atoms with E-state index in [4.69, 9.17) is 9.47 Å². The molecule has 0 spiro atoms. The molecule has 0 N–H and O–H groups in total. The molecule has 3 nitrogen and oxygen atoms in total. The lowest BCUT2D eigenvalue weighted by molar-refractivity contribution is -0.141. The lowest BCUT2D eigenvalue weighted by Gasteiger charge is -2.14. The van der Waals surface area contributed by atoms with Crippen molar-refractivity contribution in [2.45, 2.75) is 18.6 Å². The van der Waals surface area contributed by atoms with Crippen LogP contribution in [0.5, 0.6) is 0 Å². The standard InChI is InChI=1S/C12H12O3/c1-14-11-7-4-2-3-5-8(7)12-9(11)6-10(13)15-12/h2-5,9,11-12H,6H2,1H3/t9-,11+,12+/m1/s1. The maximum Gasteiger partial charge on any atom is 0.306 e. The van der Waals surface area contributed by atoms with E-state index < -0.39 is 0 Å². The number of ether oxygens (including phenoxy) is 2. The SMILES string of the molecule is CO[C@H]1c2ccccc2[C@@H]2OC(=O)C[C@H]12. The Bertz CT molecular complexity index is 413. The Morgan fingerprint density at radius 1 is 1.33 bits per heavy atom. The fraction of sp³-hybridized carbons (Fsp3) is 0.417. The number of esters is 1. The van der Waals surface area contributed by atoms with Gasteiger partial charge in [0, 0.05) is 13.0 Å². The quantitative estimate of drug-likeness (QED) is 0.656. The number of fused-ring (bicyclic) bond motifs is 3. The zero-order valence-corrected chi connectivity index (χ0v) is 8.47. The van der Waals surface area contributed by atoms with E-state index in [1.165, 1.54) is 5.56 Å². The van der Waals surface area contributed by atoms with E-state index in [-0.39, 0.29) is 24.1 Å². The van der Waals surface area contributed by atoms with Crippen LogP contribution in [-0.4, -0.2) is 13.1 Å². The van der Waals surface area contributed by atoms with E-state index in [2.05, 4.69) is 6.07 Å². The number of rotatable bonds is 1. The van der Waals surface area contributed by atoms with Crippen LogP contribution in [0.25, 0.3) is 0 Å².